The third kappa shape index (κ3) is 5.52. The number of sulfonamides is 1. The number of carbonyl (C=O) groups excluding carboxylic acids is 1. The van der Waals surface area contributed by atoms with Crippen molar-refractivity contribution in [2.75, 3.05) is 29.9 Å². The van der Waals surface area contributed by atoms with E-state index in [0.29, 0.717) is 27.9 Å². The van der Waals surface area contributed by atoms with E-state index >= 15 is 0 Å². The van der Waals surface area contributed by atoms with Crippen LogP contribution in [0.1, 0.15) is 6.92 Å². The molecule has 0 saturated heterocycles. The molecule has 0 spiro atoms. The molecule has 3 aromatic rings. The predicted molar refractivity (Wildman–Crippen MR) is 125 cm³/mol. The van der Waals surface area contributed by atoms with Gasteiger partial charge in [-0.15, -0.1) is 0 Å². The summed E-state index contributed by atoms with van der Waals surface area (Å²) in [6.07, 6.45) is 0. The Labute approximate surface area is 192 Å². The number of ether oxygens (including phenoxy) is 2. The maximum Gasteiger partial charge on any atom is 0.264 e. The minimum absolute atomic E-state index is 0.218. The Morgan fingerprint density at radius 2 is 1.72 bits per heavy atom. The Morgan fingerprint density at radius 1 is 1.03 bits per heavy atom. The summed E-state index contributed by atoms with van der Waals surface area (Å²) in [6.45, 7) is 1.79. The lowest BCUT2D eigenvalue weighted by Crippen LogP contribution is -2.30. The summed E-state index contributed by atoms with van der Waals surface area (Å²) in [7, 11) is -2.19. The normalized spacial score (nSPS) is 11.0. The van der Waals surface area contributed by atoms with Gasteiger partial charge in [0.15, 0.2) is 6.61 Å². The molecular weight excluding hydrogens is 452 g/mol. The first kappa shape index (κ1) is 23.4. The molecule has 1 N–H and O–H groups in total. The minimum Gasteiger partial charge on any atom is -0.495 e. The number of benzene rings is 3. The molecule has 0 saturated carbocycles. The summed E-state index contributed by atoms with van der Waals surface area (Å²) in [5, 5.41) is 3.15. The average Bonchev–Trinajstić information content (AvgIpc) is 2.79. The molecule has 9 heteroatoms. The molecule has 168 valence electrons. The van der Waals surface area contributed by atoms with Crippen molar-refractivity contribution in [3.63, 3.8) is 0 Å². The van der Waals surface area contributed by atoms with Crippen LogP contribution in [-0.4, -0.2) is 34.6 Å². The van der Waals surface area contributed by atoms with Crippen molar-refractivity contribution >= 4 is 38.9 Å². The average molecular weight is 475 g/mol. The molecule has 0 aliphatic heterocycles. The molecule has 0 heterocycles. The van der Waals surface area contributed by atoms with Crippen LogP contribution in [0.2, 0.25) is 5.02 Å². The molecule has 32 heavy (non-hydrogen) atoms. The SMILES string of the molecule is CCN(c1ccc(OCC(=O)Nc2cc(Cl)ccc2OC)cc1)S(=O)(=O)c1ccccc1. The number of halogens is 1. The van der Waals surface area contributed by atoms with E-state index in [1.807, 2.05) is 0 Å². The van der Waals surface area contributed by atoms with E-state index in [4.69, 9.17) is 21.1 Å². The van der Waals surface area contributed by atoms with E-state index in [1.54, 1.807) is 79.7 Å². The third-order valence-corrected chi connectivity index (χ3v) is 6.70. The summed E-state index contributed by atoms with van der Waals surface area (Å²) in [6, 6.07) is 19.6. The number of methoxy groups -OCH3 is 1. The zero-order valence-corrected chi connectivity index (χ0v) is 19.2. The summed E-state index contributed by atoms with van der Waals surface area (Å²) >= 11 is 5.97. The van der Waals surface area contributed by atoms with E-state index in [9.17, 15) is 13.2 Å². The van der Waals surface area contributed by atoms with Crippen LogP contribution in [0.3, 0.4) is 0 Å². The highest BCUT2D eigenvalue weighted by molar-refractivity contribution is 7.92. The second kappa shape index (κ2) is 10.4. The Morgan fingerprint density at radius 3 is 2.34 bits per heavy atom. The summed E-state index contributed by atoms with van der Waals surface area (Å²) in [4.78, 5) is 12.5. The van der Waals surface area contributed by atoms with E-state index in [0.717, 1.165) is 0 Å². The fourth-order valence-corrected chi connectivity index (χ4v) is 4.70. The first-order chi connectivity index (χ1) is 15.3. The fourth-order valence-electron chi connectivity index (χ4n) is 3.03. The van der Waals surface area contributed by atoms with Gasteiger partial charge in [0.25, 0.3) is 15.9 Å². The number of carbonyl (C=O) groups is 1. The number of anilines is 2. The lowest BCUT2D eigenvalue weighted by atomic mass is 10.3. The minimum atomic E-state index is -3.68. The van der Waals surface area contributed by atoms with E-state index in [1.165, 1.54) is 11.4 Å². The number of hydrogen-bond acceptors (Lipinski definition) is 5. The molecule has 0 unspecified atom stereocenters. The van der Waals surface area contributed by atoms with Gasteiger partial charge < -0.3 is 14.8 Å². The smallest absolute Gasteiger partial charge is 0.264 e. The van der Waals surface area contributed by atoms with E-state index in [2.05, 4.69) is 5.32 Å². The maximum absolute atomic E-state index is 12.9. The van der Waals surface area contributed by atoms with Crippen molar-refractivity contribution < 1.29 is 22.7 Å². The second-order valence-corrected chi connectivity index (χ2v) is 8.96. The van der Waals surface area contributed by atoms with Crippen molar-refractivity contribution in [3.8, 4) is 11.5 Å². The molecule has 0 aliphatic rings. The van der Waals surface area contributed by atoms with Crippen LogP contribution in [0.15, 0.2) is 77.7 Å². The highest BCUT2D eigenvalue weighted by Gasteiger charge is 2.23. The van der Waals surface area contributed by atoms with Crippen molar-refractivity contribution in [2.24, 2.45) is 0 Å². The molecule has 0 bridgehead atoms. The molecule has 0 aromatic heterocycles. The van der Waals surface area contributed by atoms with Gasteiger partial charge in [0.2, 0.25) is 0 Å². The third-order valence-electron chi connectivity index (χ3n) is 4.55. The van der Waals surface area contributed by atoms with Crippen LogP contribution in [0.4, 0.5) is 11.4 Å². The largest absolute Gasteiger partial charge is 0.495 e. The van der Waals surface area contributed by atoms with E-state index < -0.39 is 15.9 Å². The Kier molecular flexibility index (Phi) is 7.61. The number of nitrogens with one attached hydrogen (secondary N) is 1. The molecule has 0 radical (unpaired) electrons. The zero-order valence-electron chi connectivity index (χ0n) is 17.6. The summed E-state index contributed by atoms with van der Waals surface area (Å²) < 4.78 is 37.9. The van der Waals surface area contributed by atoms with Crippen molar-refractivity contribution in [3.05, 3.63) is 77.8 Å². The molecule has 3 aromatic carbocycles. The first-order valence-corrected chi connectivity index (χ1v) is 11.6. The maximum atomic E-state index is 12.9. The predicted octanol–water partition coefficient (Wildman–Crippen LogP) is 4.58. The summed E-state index contributed by atoms with van der Waals surface area (Å²) in [5.74, 6) is 0.512. The van der Waals surface area contributed by atoms with Gasteiger partial charge in [0.1, 0.15) is 11.5 Å². The molecule has 0 aliphatic carbocycles. The molecule has 0 atom stereocenters. The Bertz CT molecular complexity index is 1170. The van der Waals surface area contributed by atoms with Crippen molar-refractivity contribution in [2.45, 2.75) is 11.8 Å². The fraction of sp³-hybridized carbons (Fsp3) is 0.174. The van der Waals surface area contributed by atoms with Gasteiger partial charge in [-0.25, -0.2) is 8.42 Å². The quantitative estimate of drug-likeness (QED) is 0.490. The highest BCUT2D eigenvalue weighted by Crippen LogP contribution is 2.28. The monoisotopic (exact) mass is 474 g/mol. The topological polar surface area (TPSA) is 84.9 Å². The van der Waals surface area contributed by atoms with Crippen LogP contribution in [-0.2, 0) is 14.8 Å². The van der Waals surface area contributed by atoms with Crippen LogP contribution in [0.25, 0.3) is 0 Å². The molecule has 0 fully saturated rings. The number of amides is 1. The Hall–Kier alpha value is -3.23. The molecular formula is C23H23ClN2O5S. The standard InChI is InChI=1S/C23H23ClN2O5S/c1-3-26(32(28,29)20-7-5-4-6-8-20)18-10-12-19(13-11-18)31-16-23(27)25-21-15-17(24)9-14-22(21)30-2/h4-15H,3,16H2,1-2H3,(H,25,27). The molecule has 1 amide bonds. The van der Waals surface area contributed by atoms with E-state index in [-0.39, 0.29) is 18.0 Å². The lowest BCUT2D eigenvalue weighted by molar-refractivity contribution is -0.118. The van der Waals surface area contributed by atoms with Gasteiger partial charge in [-0.3, -0.25) is 9.10 Å². The summed E-state index contributed by atoms with van der Waals surface area (Å²) in [5.41, 5.74) is 0.936. The van der Waals surface area contributed by atoms with Crippen LogP contribution < -0.4 is 19.1 Å². The lowest BCUT2D eigenvalue weighted by Gasteiger charge is -2.23. The van der Waals surface area contributed by atoms with Crippen LogP contribution in [0.5, 0.6) is 11.5 Å². The van der Waals surface area contributed by atoms with Crippen molar-refractivity contribution in [1.29, 1.82) is 0 Å². The molecule has 3 rings (SSSR count). The number of rotatable bonds is 9. The van der Waals surface area contributed by atoms with Crippen LogP contribution in [0, 0.1) is 0 Å². The van der Waals surface area contributed by atoms with Gasteiger partial charge in [-0.1, -0.05) is 29.8 Å². The Balaban J connectivity index is 1.65. The van der Waals surface area contributed by atoms with Gasteiger partial charge in [-0.2, -0.15) is 0 Å². The van der Waals surface area contributed by atoms with Crippen molar-refractivity contribution in [1.82, 2.24) is 0 Å². The van der Waals surface area contributed by atoms with Crippen LogP contribution >= 0.6 is 11.6 Å². The highest BCUT2D eigenvalue weighted by atomic mass is 35.5. The number of hydrogen-bond donors (Lipinski definition) is 1. The zero-order chi connectivity index (χ0) is 23.1. The second-order valence-electron chi connectivity index (χ2n) is 6.66. The van der Waals surface area contributed by atoms with Gasteiger partial charge >= 0.3 is 0 Å². The molecule has 7 nitrogen and oxygen atoms in total. The van der Waals surface area contributed by atoms with Gasteiger partial charge in [-0.05, 0) is 61.5 Å². The number of nitrogens with zero attached hydrogens (tertiary/aromatic N) is 1. The van der Waals surface area contributed by atoms with Gasteiger partial charge in [0.05, 0.1) is 23.4 Å². The first-order valence-electron chi connectivity index (χ1n) is 9.79. The van der Waals surface area contributed by atoms with Gasteiger partial charge in [0, 0.05) is 11.6 Å².